The second-order valence-corrected chi connectivity index (χ2v) is 6.56. The molecule has 0 radical (unpaired) electrons. The fourth-order valence-electron chi connectivity index (χ4n) is 4.10. The highest BCUT2D eigenvalue weighted by molar-refractivity contribution is 5.95. The number of carbonyl (C=O) groups is 1. The number of carbonyl (C=O) groups excluding carboxylic acids is 1. The summed E-state index contributed by atoms with van der Waals surface area (Å²) in [5, 5.41) is 11.2. The first-order valence-corrected chi connectivity index (χ1v) is 8.47. The van der Waals surface area contributed by atoms with Gasteiger partial charge in [0.25, 0.3) is 5.91 Å². The summed E-state index contributed by atoms with van der Waals surface area (Å²) in [5.41, 5.74) is 1.54. The number of hydrogen-bond donors (Lipinski definition) is 0. The van der Waals surface area contributed by atoms with Crippen LogP contribution in [0.15, 0.2) is 30.6 Å². The lowest BCUT2D eigenvalue weighted by Crippen LogP contribution is -2.49. The first-order chi connectivity index (χ1) is 11.3. The molecule has 1 aliphatic carbocycles. The van der Waals surface area contributed by atoms with E-state index in [2.05, 4.69) is 20.4 Å². The molecule has 1 saturated heterocycles. The van der Waals surface area contributed by atoms with Gasteiger partial charge in [-0.05, 0) is 60.2 Å². The molecule has 0 N–H and O–H groups in total. The summed E-state index contributed by atoms with van der Waals surface area (Å²) in [6.07, 6.45) is 8.94. The van der Waals surface area contributed by atoms with E-state index in [1.807, 2.05) is 24.3 Å². The number of rotatable bonds is 2. The average molecular weight is 311 g/mol. The van der Waals surface area contributed by atoms with Gasteiger partial charge in [-0.2, -0.15) is 0 Å². The summed E-state index contributed by atoms with van der Waals surface area (Å²) in [7, 11) is 0. The van der Waals surface area contributed by atoms with Crippen LogP contribution >= 0.6 is 0 Å². The third-order valence-electron chi connectivity index (χ3n) is 5.21. The summed E-state index contributed by atoms with van der Waals surface area (Å²) in [6.45, 7) is 0.884. The maximum atomic E-state index is 13.0. The number of benzene rings is 1. The Bertz CT molecular complexity index is 682. The van der Waals surface area contributed by atoms with Gasteiger partial charge in [0.05, 0.1) is 5.69 Å². The Balaban J connectivity index is 1.60. The minimum Gasteiger partial charge on any atom is -0.335 e. The molecular formula is C17H21N5O. The maximum Gasteiger partial charge on any atom is 0.254 e. The van der Waals surface area contributed by atoms with Gasteiger partial charge in [-0.3, -0.25) is 4.79 Å². The van der Waals surface area contributed by atoms with Gasteiger partial charge in [0.2, 0.25) is 0 Å². The number of piperidine rings is 1. The predicted molar refractivity (Wildman–Crippen MR) is 85.2 cm³/mol. The van der Waals surface area contributed by atoms with Crippen LogP contribution in [0.4, 0.5) is 0 Å². The monoisotopic (exact) mass is 311 g/mol. The van der Waals surface area contributed by atoms with E-state index in [4.69, 9.17) is 0 Å². The molecule has 6 nitrogen and oxygen atoms in total. The highest BCUT2D eigenvalue weighted by atomic mass is 16.2. The van der Waals surface area contributed by atoms with E-state index < -0.39 is 0 Å². The number of likely N-dealkylation sites (tertiary alicyclic amines) is 1. The molecule has 6 heteroatoms. The van der Waals surface area contributed by atoms with Gasteiger partial charge < -0.3 is 4.90 Å². The lowest BCUT2D eigenvalue weighted by Gasteiger charge is -2.44. The molecule has 0 unspecified atom stereocenters. The summed E-state index contributed by atoms with van der Waals surface area (Å²) in [5.74, 6) is 0.848. The minimum atomic E-state index is 0.150. The molecule has 1 saturated carbocycles. The number of amides is 1. The van der Waals surface area contributed by atoms with Crippen molar-refractivity contribution in [2.75, 3.05) is 6.54 Å². The third-order valence-corrected chi connectivity index (χ3v) is 5.21. The molecule has 1 amide bonds. The van der Waals surface area contributed by atoms with E-state index in [1.54, 1.807) is 11.0 Å². The second kappa shape index (κ2) is 6.10. The Morgan fingerprint density at radius 2 is 2.00 bits per heavy atom. The third kappa shape index (κ3) is 2.73. The van der Waals surface area contributed by atoms with Crippen molar-refractivity contribution >= 4 is 5.91 Å². The smallest absolute Gasteiger partial charge is 0.254 e. The first kappa shape index (κ1) is 14.4. The van der Waals surface area contributed by atoms with Crippen LogP contribution in [0.25, 0.3) is 5.69 Å². The van der Waals surface area contributed by atoms with Crippen molar-refractivity contribution < 1.29 is 4.79 Å². The van der Waals surface area contributed by atoms with Gasteiger partial charge in [-0.15, -0.1) is 5.10 Å². The Hall–Kier alpha value is -2.24. The molecule has 0 bridgehead atoms. The zero-order chi connectivity index (χ0) is 15.6. The van der Waals surface area contributed by atoms with Gasteiger partial charge >= 0.3 is 0 Å². The Morgan fingerprint density at radius 3 is 2.87 bits per heavy atom. The molecule has 2 heterocycles. The number of fused-ring (bicyclic) bond motifs is 1. The zero-order valence-corrected chi connectivity index (χ0v) is 13.1. The van der Waals surface area contributed by atoms with Crippen LogP contribution in [0.1, 0.15) is 48.9 Å². The minimum absolute atomic E-state index is 0.150. The second-order valence-electron chi connectivity index (χ2n) is 6.56. The van der Waals surface area contributed by atoms with E-state index in [0.29, 0.717) is 12.0 Å². The molecule has 120 valence electrons. The lowest BCUT2D eigenvalue weighted by atomic mass is 9.78. The summed E-state index contributed by atoms with van der Waals surface area (Å²) < 4.78 is 1.58. The number of aromatic nitrogens is 4. The highest BCUT2D eigenvalue weighted by Crippen LogP contribution is 2.36. The average Bonchev–Trinajstić information content (AvgIpc) is 3.15. The van der Waals surface area contributed by atoms with Gasteiger partial charge in [0, 0.05) is 18.2 Å². The predicted octanol–water partition coefficient (Wildman–Crippen LogP) is 2.46. The van der Waals surface area contributed by atoms with Crippen LogP contribution < -0.4 is 0 Å². The molecule has 2 aromatic rings. The quantitative estimate of drug-likeness (QED) is 0.854. The molecule has 1 aliphatic heterocycles. The topological polar surface area (TPSA) is 63.9 Å². The van der Waals surface area contributed by atoms with Crippen LogP contribution in [0, 0.1) is 5.92 Å². The SMILES string of the molecule is O=C(c1cccc(-n2cnnn2)c1)N1CCC[C@@H]2CCCC[C@@H]21. The summed E-state index contributed by atoms with van der Waals surface area (Å²) >= 11 is 0. The maximum absolute atomic E-state index is 13.0. The number of nitrogens with zero attached hydrogens (tertiary/aromatic N) is 5. The van der Waals surface area contributed by atoms with Crippen molar-refractivity contribution in [1.29, 1.82) is 0 Å². The number of tetrazole rings is 1. The summed E-state index contributed by atoms with van der Waals surface area (Å²) in [4.78, 5) is 15.2. The van der Waals surface area contributed by atoms with Gasteiger partial charge in [0.1, 0.15) is 6.33 Å². The van der Waals surface area contributed by atoms with Crippen molar-refractivity contribution in [1.82, 2.24) is 25.1 Å². The molecule has 1 aromatic carbocycles. The molecule has 2 fully saturated rings. The number of hydrogen-bond acceptors (Lipinski definition) is 4. The largest absolute Gasteiger partial charge is 0.335 e. The van der Waals surface area contributed by atoms with Crippen LogP contribution in [0.3, 0.4) is 0 Å². The van der Waals surface area contributed by atoms with E-state index in [-0.39, 0.29) is 5.91 Å². The van der Waals surface area contributed by atoms with Crippen LogP contribution in [-0.4, -0.2) is 43.6 Å². The van der Waals surface area contributed by atoms with Crippen LogP contribution in [-0.2, 0) is 0 Å². The van der Waals surface area contributed by atoms with E-state index >= 15 is 0 Å². The fraction of sp³-hybridized carbons (Fsp3) is 0.529. The van der Waals surface area contributed by atoms with Crippen molar-refractivity contribution in [3.8, 4) is 5.69 Å². The van der Waals surface area contributed by atoms with E-state index in [9.17, 15) is 4.79 Å². The fourth-order valence-corrected chi connectivity index (χ4v) is 4.10. The molecule has 23 heavy (non-hydrogen) atoms. The lowest BCUT2D eigenvalue weighted by molar-refractivity contribution is 0.0390. The van der Waals surface area contributed by atoms with Crippen molar-refractivity contribution in [2.45, 2.75) is 44.6 Å². The van der Waals surface area contributed by atoms with Gasteiger partial charge in [-0.25, -0.2) is 4.68 Å². The van der Waals surface area contributed by atoms with Crippen molar-refractivity contribution in [3.05, 3.63) is 36.2 Å². The summed E-state index contributed by atoms with van der Waals surface area (Å²) in [6, 6.07) is 8.01. The Kier molecular flexibility index (Phi) is 3.81. The van der Waals surface area contributed by atoms with Crippen LogP contribution in [0.2, 0.25) is 0 Å². The normalized spacial score (nSPS) is 24.3. The Morgan fingerprint density at radius 1 is 1.13 bits per heavy atom. The molecular weight excluding hydrogens is 290 g/mol. The standard InChI is InChI=1S/C17H21N5O/c23-17(21-10-4-7-13-5-1-2-9-16(13)21)14-6-3-8-15(11-14)22-12-18-19-20-22/h3,6,8,11-13,16H,1-2,4-5,7,9-10H2/t13-,16-/m0/s1. The van der Waals surface area contributed by atoms with Crippen molar-refractivity contribution in [3.63, 3.8) is 0 Å². The molecule has 0 spiro atoms. The van der Waals surface area contributed by atoms with Crippen molar-refractivity contribution in [2.24, 2.45) is 5.92 Å². The Labute approximate surface area is 135 Å². The molecule has 1 aromatic heterocycles. The molecule has 2 aliphatic rings. The highest BCUT2D eigenvalue weighted by Gasteiger charge is 2.35. The van der Waals surface area contributed by atoms with E-state index in [1.165, 1.54) is 25.7 Å². The van der Waals surface area contributed by atoms with Gasteiger partial charge in [0.15, 0.2) is 0 Å². The molecule has 4 rings (SSSR count). The van der Waals surface area contributed by atoms with E-state index in [0.717, 1.165) is 30.6 Å². The first-order valence-electron chi connectivity index (χ1n) is 8.47. The van der Waals surface area contributed by atoms with Gasteiger partial charge in [-0.1, -0.05) is 18.9 Å². The molecule has 2 atom stereocenters. The van der Waals surface area contributed by atoms with Crippen LogP contribution in [0.5, 0.6) is 0 Å². The zero-order valence-electron chi connectivity index (χ0n) is 13.1.